The summed E-state index contributed by atoms with van der Waals surface area (Å²) in [7, 11) is 0. The summed E-state index contributed by atoms with van der Waals surface area (Å²) in [5, 5.41) is 7.51. The third-order valence-corrected chi connectivity index (χ3v) is 5.31. The molecule has 0 unspecified atom stereocenters. The van der Waals surface area contributed by atoms with Gasteiger partial charge in [-0.2, -0.15) is 0 Å². The summed E-state index contributed by atoms with van der Waals surface area (Å²) in [6.45, 7) is 6.40. The first-order valence-corrected chi connectivity index (χ1v) is 10.3. The minimum atomic E-state index is -0.287. The number of hydrogen-bond acceptors (Lipinski definition) is 4. The highest BCUT2D eigenvalue weighted by atomic mass is 35.5. The number of benzene rings is 2. The van der Waals surface area contributed by atoms with Crippen LogP contribution in [0.4, 0.5) is 4.39 Å². The van der Waals surface area contributed by atoms with Crippen LogP contribution < -0.4 is 20.1 Å². The van der Waals surface area contributed by atoms with Gasteiger partial charge in [0.2, 0.25) is 0 Å². The zero-order valence-corrected chi connectivity index (χ0v) is 17.0. The Labute approximate surface area is 171 Å². The van der Waals surface area contributed by atoms with Crippen molar-refractivity contribution in [1.82, 2.24) is 10.6 Å². The van der Waals surface area contributed by atoms with E-state index in [-0.39, 0.29) is 12.4 Å². The quantitative estimate of drug-likeness (QED) is 0.641. The Bertz CT molecular complexity index is 766. The molecule has 28 heavy (non-hydrogen) atoms. The summed E-state index contributed by atoms with van der Waals surface area (Å²) < 4.78 is 25.4. The topological polar surface area (TPSA) is 42.5 Å². The zero-order chi connectivity index (χ0) is 19.8. The number of nitrogens with one attached hydrogen (secondary N) is 2. The summed E-state index contributed by atoms with van der Waals surface area (Å²) in [5.41, 5.74) is 1.46. The lowest BCUT2D eigenvalue weighted by Gasteiger charge is -2.23. The molecule has 0 amide bonds. The summed E-state index contributed by atoms with van der Waals surface area (Å²) in [6, 6.07) is 10.2. The van der Waals surface area contributed by atoms with E-state index in [4.69, 9.17) is 21.1 Å². The molecule has 1 aliphatic heterocycles. The Morgan fingerprint density at radius 2 is 1.86 bits per heavy atom. The Hall–Kier alpha value is -1.82. The Morgan fingerprint density at radius 3 is 2.61 bits per heavy atom. The molecule has 0 aromatic heterocycles. The van der Waals surface area contributed by atoms with Crippen LogP contribution in [0, 0.1) is 11.7 Å². The molecule has 2 aromatic carbocycles. The fourth-order valence-corrected chi connectivity index (χ4v) is 3.58. The molecule has 0 bridgehead atoms. The van der Waals surface area contributed by atoms with Crippen LogP contribution in [0.1, 0.15) is 30.9 Å². The molecular weight excluding hydrogens is 379 g/mol. The third-order valence-electron chi connectivity index (χ3n) is 4.96. The van der Waals surface area contributed by atoms with E-state index in [1.807, 2.05) is 13.0 Å². The van der Waals surface area contributed by atoms with Crippen LogP contribution in [-0.2, 0) is 13.2 Å². The molecule has 4 nitrogen and oxygen atoms in total. The predicted octanol–water partition coefficient (Wildman–Crippen LogP) is 4.55. The average molecular weight is 407 g/mol. The number of hydrogen-bond donors (Lipinski definition) is 2. The van der Waals surface area contributed by atoms with E-state index in [1.54, 1.807) is 24.3 Å². The van der Waals surface area contributed by atoms with E-state index in [0.29, 0.717) is 41.2 Å². The van der Waals surface area contributed by atoms with Gasteiger partial charge in [-0.25, -0.2) is 4.39 Å². The molecule has 3 rings (SSSR count). The van der Waals surface area contributed by atoms with E-state index < -0.39 is 0 Å². The van der Waals surface area contributed by atoms with Crippen molar-refractivity contribution in [2.75, 3.05) is 26.2 Å². The fourth-order valence-electron chi connectivity index (χ4n) is 3.36. The van der Waals surface area contributed by atoms with Crippen LogP contribution in [-0.4, -0.2) is 26.2 Å². The minimum Gasteiger partial charge on any atom is -0.490 e. The van der Waals surface area contributed by atoms with E-state index >= 15 is 0 Å². The first-order chi connectivity index (χ1) is 13.7. The molecule has 1 aliphatic rings. The molecule has 2 aromatic rings. The van der Waals surface area contributed by atoms with Crippen molar-refractivity contribution in [1.29, 1.82) is 0 Å². The van der Waals surface area contributed by atoms with Crippen LogP contribution in [0.25, 0.3) is 0 Å². The molecular formula is C22H28ClFN2O2. The molecule has 2 N–H and O–H groups in total. The first-order valence-electron chi connectivity index (χ1n) is 9.90. The second-order valence-electron chi connectivity index (χ2n) is 7.03. The summed E-state index contributed by atoms with van der Waals surface area (Å²) >= 11 is 6.48. The van der Waals surface area contributed by atoms with Crippen LogP contribution >= 0.6 is 11.6 Å². The highest BCUT2D eigenvalue weighted by Crippen LogP contribution is 2.34. The maximum Gasteiger partial charge on any atom is 0.163 e. The van der Waals surface area contributed by atoms with Gasteiger partial charge in [0.05, 0.1) is 6.61 Å². The van der Waals surface area contributed by atoms with E-state index in [1.165, 1.54) is 18.9 Å². The molecule has 152 valence electrons. The summed E-state index contributed by atoms with van der Waals surface area (Å²) in [5.74, 6) is 1.57. The molecule has 0 saturated carbocycles. The first kappa shape index (κ1) is 20.9. The maximum absolute atomic E-state index is 13.8. The van der Waals surface area contributed by atoms with Crippen molar-refractivity contribution < 1.29 is 13.9 Å². The predicted molar refractivity (Wildman–Crippen MR) is 111 cm³/mol. The molecule has 1 saturated heterocycles. The van der Waals surface area contributed by atoms with Gasteiger partial charge in [-0.15, -0.1) is 0 Å². The van der Waals surface area contributed by atoms with E-state index in [2.05, 4.69) is 10.6 Å². The van der Waals surface area contributed by atoms with E-state index in [9.17, 15) is 4.39 Å². The van der Waals surface area contributed by atoms with E-state index in [0.717, 1.165) is 25.2 Å². The molecule has 1 fully saturated rings. The number of piperidine rings is 1. The molecule has 0 spiro atoms. The molecule has 6 heteroatoms. The SMILES string of the molecule is CCOc1cc(CNCC2CCNCC2)c(Cl)cc1OCc1ccccc1F. The number of rotatable bonds is 9. The largest absolute Gasteiger partial charge is 0.490 e. The van der Waals surface area contributed by atoms with Gasteiger partial charge >= 0.3 is 0 Å². The van der Waals surface area contributed by atoms with Crippen LogP contribution in [0.2, 0.25) is 5.02 Å². The van der Waals surface area contributed by atoms with Gasteiger partial charge in [0.25, 0.3) is 0 Å². The van der Waals surface area contributed by atoms with Gasteiger partial charge in [0.1, 0.15) is 12.4 Å². The maximum atomic E-state index is 13.8. The highest BCUT2D eigenvalue weighted by Gasteiger charge is 2.15. The van der Waals surface area contributed by atoms with Crippen molar-refractivity contribution in [2.24, 2.45) is 5.92 Å². The van der Waals surface area contributed by atoms with Gasteiger partial charge in [-0.1, -0.05) is 29.8 Å². The molecule has 0 radical (unpaired) electrons. The van der Waals surface area contributed by atoms with Gasteiger partial charge in [-0.05, 0) is 63.0 Å². The zero-order valence-electron chi connectivity index (χ0n) is 16.3. The average Bonchev–Trinajstić information content (AvgIpc) is 2.71. The standard InChI is InChI=1S/C22H28ClFN2O2/c1-2-27-21-11-18(14-26-13-16-7-9-25-10-8-16)19(23)12-22(21)28-15-17-5-3-4-6-20(17)24/h3-6,11-12,16,25-26H,2,7-10,13-15H2,1H3. The second-order valence-corrected chi connectivity index (χ2v) is 7.43. The van der Waals surface area contributed by atoms with Crippen molar-refractivity contribution in [3.05, 3.63) is 58.4 Å². The lowest BCUT2D eigenvalue weighted by molar-refractivity contribution is 0.265. The van der Waals surface area contributed by atoms with Crippen LogP contribution in [0.3, 0.4) is 0 Å². The molecule has 0 aliphatic carbocycles. The van der Waals surface area contributed by atoms with Crippen molar-refractivity contribution >= 4 is 11.6 Å². The Balaban J connectivity index is 1.64. The molecule has 0 atom stereocenters. The monoisotopic (exact) mass is 406 g/mol. The highest BCUT2D eigenvalue weighted by molar-refractivity contribution is 6.31. The van der Waals surface area contributed by atoms with Crippen LogP contribution in [0.5, 0.6) is 11.5 Å². The van der Waals surface area contributed by atoms with Crippen molar-refractivity contribution in [2.45, 2.75) is 32.9 Å². The van der Waals surface area contributed by atoms with Gasteiger partial charge < -0.3 is 20.1 Å². The van der Waals surface area contributed by atoms with Crippen molar-refractivity contribution in [3.8, 4) is 11.5 Å². The lowest BCUT2D eigenvalue weighted by atomic mass is 9.98. The minimum absolute atomic E-state index is 0.121. The molecule has 1 heterocycles. The van der Waals surface area contributed by atoms with Gasteiger partial charge in [0, 0.05) is 23.2 Å². The summed E-state index contributed by atoms with van der Waals surface area (Å²) in [4.78, 5) is 0. The normalized spacial score (nSPS) is 14.8. The third kappa shape index (κ3) is 5.84. The fraction of sp³-hybridized carbons (Fsp3) is 0.455. The lowest BCUT2D eigenvalue weighted by Crippen LogP contribution is -2.33. The second kappa shape index (κ2) is 10.6. The van der Waals surface area contributed by atoms with Crippen LogP contribution in [0.15, 0.2) is 36.4 Å². The van der Waals surface area contributed by atoms with Gasteiger partial charge in [0.15, 0.2) is 11.5 Å². The van der Waals surface area contributed by atoms with Gasteiger partial charge in [-0.3, -0.25) is 0 Å². The Kier molecular flexibility index (Phi) is 7.95. The summed E-state index contributed by atoms with van der Waals surface area (Å²) in [6.07, 6.45) is 2.40. The smallest absolute Gasteiger partial charge is 0.163 e. The number of halogens is 2. The number of ether oxygens (including phenoxy) is 2. The Morgan fingerprint density at radius 1 is 1.11 bits per heavy atom. The van der Waals surface area contributed by atoms with Crippen molar-refractivity contribution in [3.63, 3.8) is 0 Å².